The number of aryl methyl sites for hydroxylation is 1. The Morgan fingerprint density at radius 3 is 3.09 bits per heavy atom. The number of halogens is 1. The summed E-state index contributed by atoms with van der Waals surface area (Å²) in [7, 11) is 0. The van der Waals surface area contributed by atoms with Crippen molar-refractivity contribution in [1.29, 1.82) is 0 Å². The molecule has 0 saturated carbocycles. The van der Waals surface area contributed by atoms with Crippen molar-refractivity contribution in [2.45, 2.75) is 19.8 Å². The van der Waals surface area contributed by atoms with Crippen molar-refractivity contribution in [3.8, 4) is 0 Å². The van der Waals surface area contributed by atoms with E-state index >= 15 is 0 Å². The summed E-state index contributed by atoms with van der Waals surface area (Å²) in [6.07, 6.45) is 5.10. The molecule has 3 rings (SSSR count). The Labute approximate surface area is 140 Å². The molecule has 23 heavy (non-hydrogen) atoms. The van der Waals surface area contributed by atoms with Crippen molar-refractivity contribution in [3.63, 3.8) is 0 Å². The summed E-state index contributed by atoms with van der Waals surface area (Å²) in [6, 6.07) is 3.64. The van der Waals surface area contributed by atoms with Gasteiger partial charge in [0.1, 0.15) is 11.2 Å². The van der Waals surface area contributed by atoms with Crippen molar-refractivity contribution in [2.24, 2.45) is 5.92 Å². The van der Waals surface area contributed by atoms with Crippen LogP contribution >= 0.6 is 12.4 Å². The molecule has 1 fully saturated rings. The Hall–Kier alpha value is -1.92. The third-order valence-electron chi connectivity index (χ3n) is 4.11. The van der Waals surface area contributed by atoms with E-state index in [-0.39, 0.29) is 29.4 Å². The van der Waals surface area contributed by atoms with Crippen LogP contribution in [0.1, 0.15) is 28.8 Å². The van der Waals surface area contributed by atoms with Gasteiger partial charge in [-0.05, 0) is 56.5 Å². The Bertz CT molecular complexity index is 753. The van der Waals surface area contributed by atoms with Crippen LogP contribution in [0.25, 0.3) is 5.65 Å². The fraction of sp³-hybridized carbons (Fsp3) is 0.438. The summed E-state index contributed by atoms with van der Waals surface area (Å²) in [5, 5.41) is 6.12. The number of pyridine rings is 1. The Morgan fingerprint density at radius 1 is 1.52 bits per heavy atom. The van der Waals surface area contributed by atoms with Crippen LogP contribution in [0.4, 0.5) is 0 Å². The highest BCUT2D eigenvalue weighted by atomic mass is 35.5. The first-order valence-electron chi connectivity index (χ1n) is 7.62. The fourth-order valence-corrected chi connectivity index (χ4v) is 2.78. The molecule has 0 aromatic carbocycles. The second-order valence-corrected chi connectivity index (χ2v) is 5.81. The van der Waals surface area contributed by atoms with Crippen molar-refractivity contribution in [3.05, 3.63) is 46.0 Å². The SMILES string of the molecule is Cc1ccn2c(=O)c(C(=O)NCCC3CCNC3)cnc2c1.Cl. The van der Waals surface area contributed by atoms with E-state index in [0.717, 1.165) is 31.5 Å². The molecule has 2 aromatic rings. The molecule has 124 valence electrons. The molecule has 3 heterocycles. The zero-order valence-electron chi connectivity index (χ0n) is 13.0. The molecule has 1 aliphatic rings. The lowest BCUT2D eigenvalue weighted by Crippen LogP contribution is -2.32. The highest BCUT2D eigenvalue weighted by Crippen LogP contribution is 2.10. The van der Waals surface area contributed by atoms with Gasteiger partial charge in [-0.1, -0.05) is 0 Å². The highest BCUT2D eigenvalue weighted by molar-refractivity contribution is 5.93. The molecule has 7 heteroatoms. The van der Waals surface area contributed by atoms with Crippen LogP contribution in [0.3, 0.4) is 0 Å². The molecule has 2 aromatic heterocycles. The summed E-state index contributed by atoms with van der Waals surface area (Å²) >= 11 is 0. The van der Waals surface area contributed by atoms with E-state index in [9.17, 15) is 9.59 Å². The maximum absolute atomic E-state index is 12.4. The van der Waals surface area contributed by atoms with Gasteiger partial charge in [0.2, 0.25) is 0 Å². The predicted molar refractivity (Wildman–Crippen MR) is 91.4 cm³/mol. The number of amides is 1. The van der Waals surface area contributed by atoms with Crippen LogP contribution in [0.2, 0.25) is 0 Å². The molecule has 0 bridgehead atoms. The van der Waals surface area contributed by atoms with Crippen LogP contribution in [-0.4, -0.2) is 34.9 Å². The lowest BCUT2D eigenvalue weighted by atomic mass is 10.1. The number of aromatic nitrogens is 2. The van der Waals surface area contributed by atoms with Crippen LogP contribution in [0, 0.1) is 12.8 Å². The van der Waals surface area contributed by atoms with Gasteiger partial charge in [-0.3, -0.25) is 14.0 Å². The topological polar surface area (TPSA) is 75.5 Å². The smallest absolute Gasteiger partial charge is 0.270 e. The minimum Gasteiger partial charge on any atom is -0.352 e. The lowest BCUT2D eigenvalue weighted by molar-refractivity contribution is 0.0949. The van der Waals surface area contributed by atoms with E-state index in [2.05, 4.69) is 15.6 Å². The number of nitrogens with one attached hydrogen (secondary N) is 2. The zero-order valence-corrected chi connectivity index (χ0v) is 13.9. The molecule has 1 aliphatic heterocycles. The van der Waals surface area contributed by atoms with E-state index in [4.69, 9.17) is 0 Å². The average molecular weight is 337 g/mol. The van der Waals surface area contributed by atoms with Gasteiger partial charge >= 0.3 is 0 Å². The maximum Gasteiger partial charge on any atom is 0.270 e. The quantitative estimate of drug-likeness (QED) is 0.878. The first-order valence-corrected chi connectivity index (χ1v) is 7.62. The van der Waals surface area contributed by atoms with Crippen molar-refractivity contribution >= 4 is 24.0 Å². The van der Waals surface area contributed by atoms with E-state index in [1.54, 1.807) is 6.20 Å². The molecular weight excluding hydrogens is 316 g/mol. The largest absolute Gasteiger partial charge is 0.352 e. The van der Waals surface area contributed by atoms with Gasteiger partial charge in [0.05, 0.1) is 0 Å². The molecule has 2 N–H and O–H groups in total. The van der Waals surface area contributed by atoms with Crippen molar-refractivity contribution in [1.82, 2.24) is 20.0 Å². The van der Waals surface area contributed by atoms with Gasteiger partial charge in [-0.15, -0.1) is 12.4 Å². The van der Waals surface area contributed by atoms with E-state index in [0.29, 0.717) is 18.1 Å². The number of fused-ring (bicyclic) bond motifs is 1. The second-order valence-electron chi connectivity index (χ2n) is 5.81. The maximum atomic E-state index is 12.4. The molecule has 0 spiro atoms. The number of rotatable bonds is 4. The minimum absolute atomic E-state index is 0. The lowest BCUT2D eigenvalue weighted by Gasteiger charge is -2.09. The minimum atomic E-state index is -0.349. The normalized spacial score (nSPS) is 17.0. The molecule has 0 radical (unpaired) electrons. The van der Waals surface area contributed by atoms with E-state index in [1.165, 1.54) is 10.6 Å². The van der Waals surface area contributed by atoms with Gasteiger partial charge in [-0.2, -0.15) is 0 Å². The predicted octanol–water partition coefficient (Wildman–Crippen LogP) is 1.15. The Morgan fingerprint density at radius 2 is 2.35 bits per heavy atom. The highest BCUT2D eigenvalue weighted by Gasteiger charge is 2.16. The standard InChI is InChI=1S/C16H20N4O2.ClH/c1-11-4-7-20-14(8-11)19-10-13(16(20)22)15(21)18-6-3-12-2-5-17-9-12;/h4,7-8,10,12,17H,2-3,5-6,9H2,1H3,(H,18,21);1H. The van der Waals surface area contributed by atoms with Gasteiger partial charge in [0, 0.05) is 18.9 Å². The molecule has 6 nitrogen and oxygen atoms in total. The zero-order chi connectivity index (χ0) is 15.5. The fourth-order valence-electron chi connectivity index (χ4n) is 2.78. The van der Waals surface area contributed by atoms with Crippen molar-refractivity contribution in [2.75, 3.05) is 19.6 Å². The molecular formula is C16H21ClN4O2. The third-order valence-corrected chi connectivity index (χ3v) is 4.11. The number of carbonyl (C=O) groups excluding carboxylic acids is 1. The van der Waals surface area contributed by atoms with Gasteiger partial charge in [-0.25, -0.2) is 4.98 Å². The van der Waals surface area contributed by atoms with Crippen molar-refractivity contribution < 1.29 is 4.79 Å². The summed E-state index contributed by atoms with van der Waals surface area (Å²) in [4.78, 5) is 28.7. The van der Waals surface area contributed by atoms with E-state index < -0.39 is 0 Å². The number of carbonyl (C=O) groups is 1. The molecule has 1 saturated heterocycles. The molecule has 1 unspecified atom stereocenters. The monoisotopic (exact) mass is 336 g/mol. The summed E-state index contributed by atoms with van der Waals surface area (Å²) < 4.78 is 1.41. The second kappa shape index (κ2) is 7.57. The van der Waals surface area contributed by atoms with E-state index in [1.807, 2.05) is 19.1 Å². The van der Waals surface area contributed by atoms with Gasteiger partial charge in [0.15, 0.2) is 0 Å². The summed E-state index contributed by atoms with van der Waals surface area (Å²) in [5.74, 6) is 0.262. The first-order chi connectivity index (χ1) is 10.6. The Balaban J connectivity index is 0.00000192. The molecule has 1 amide bonds. The van der Waals surface area contributed by atoms with Crippen LogP contribution in [-0.2, 0) is 0 Å². The first kappa shape index (κ1) is 17.4. The molecule has 0 aliphatic carbocycles. The third kappa shape index (κ3) is 3.89. The number of nitrogens with zero attached hydrogens (tertiary/aromatic N) is 2. The van der Waals surface area contributed by atoms with Crippen LogP contribution in [0.5, 0.6) is 0 Å². The summed E-state index contributed by atoms with van der Waals surface area (Å²) in [6.45, 7) is 4.58. The molecule has 1 atom stereocenters. The van der Waals surface area contributed by atoms with Crippen LogP contribution < -0.4 is 16.2 Å². The van der Waals surface area contributed by atoms with Gasteiger partial charge in [0.25, 0.3) is 11.5 Å². The Kier molecular flexibility index (Phi) is 5.74. The van der Waals surface area contributed by atoms with Crippen LogP contribution in [0.15, 0.2) is 29.3 Å². The summed E-state index contributed by atoms with van der Waals surface area (Å²) in [5.41, 5.74) is 1.34. The van der Waals surface area contributed by atoms with Gasteiger partial charge < -0.3 is 10.6 Å². The average Bonchev–Trinajstić information content (AvgIpc) is 3.00. The number of hydrogen-bond donors (Lipinski definition) is 2. The number of hydrogen-bond acceptors (Lipinski definition) is 4.